The molecule has 0 aromatic carbocycles. The van der Waals surface area contributed by atoms with Gasteiger partial charge in [0.1, 0.15) is 12.9 Å². The Morgan fingerprint density at radius 1 is 1.45 bits per heavy atom. The predicted molar refractivity (Wildman–Crippen MR) is 76.3 cm³/mol. The zero-order valence-electron chi connectivity index (χ0n) is 11.2. The Hall–Kier alpha value is -2.26. The normalized spacial score (nSPS) is 11.8. The first-order chi connectivity index (χ1) is 10.5. The lowest BCUT2D eigenvalue weighted by atomic mass is 10.3. The summed E-state index contributed by atoms with van der Waals surface area (Å²) in [6, 6.07) is 1.43. The average Bonchev–Trinajstić information content (AvgIpc) is 2.94. The van der Waals surface area contributed by atoms with Crippen LogP contribution in [0.25, 0.3) is 0 Å². The molecule has 0 aliphatic carbocycles. The van der Waals surface area contributed by atoms with Gasteiger partial charge in [-0.05, 0) is 23.4 Å². The largest absolute Gasteiger partial charge is 0.451 e. The number of hydrogen-bond donors (Lipinski definition) is 1. The molecule has 2 rings (SSSR count). The molecular formula is C11H10Cl2N6O3. The predicted octanol–water partition coefficient (Wildman–Crippen LogP) is 0.945. The first-order valence-corrected chi connectivity index (χ1v) is 6.73. The molecule has 0 fully saturated rings. The minimum atomic E-state index is -1.04. The van der Waals surface area contributed by atoms with Gasteiger partial charge in [0, 0.05) is 6.20 Å². The topological polar surface area (TPSA) is 112 Å². The number of aromatic nitrogens is 5. The van der Waals surface area contributed by atoms with Gasteiger partial charge in [-0.15, -0.1) is 5.10 Å². The average molecular weight is 345 g/mol. The summed E-state index contributed by atoms with van der Waals surface area (Å²) in [6.45, 7) is 1.21. The van der Waals surface area contributed by atoms with Gasteiger partial charge in [-0.1, -0.05) is 23.2 Å². The van der Waals surface area contributed by atoms with Crippen molar-refractivity contribution in [2.45, 2.75) is 19.6 Å². The zero-order chi connectivity index (χ0) is 16.1. The molecule has 0 saturated heterocycles. The third-order valence-corrected chi connectivity index (χ3v) is 2.90. The fraction of sp³-hybridized carbons (Fsp3) is 0.273. The van der Waals surface area contributed by atoms with Crippen molar-refractivity contribution in [2.75, 3.05) is 5.32 Å². The molecule has 2 aromatic heterocycles. The van der Waals surface area contributed by atoms with E-state index in [-0.39, 0.29) is 17.4 Å². The number of carbonyl (C=O) groups is 2. The molecular weight excluding hydrogens is 335 g/mol. The summed E-state index contributed by atoms with van der Waals surface area (Å²) in [7, 11) is 0. The number of tetrazole rings is 1. The van der Waals surface area contributed by atoms with E-state index in [1.54, 1.807) is 0 Å². The molecule has 0 spiro atoms. The molecule has 0 bridgehead atoms. The number of nitrogens with one attached hydrogen (secondary N) is 1. The molecule has 2 aromatic rings. The second-order valence-electron chi connectivity index (χ2n) is 4.11. The van der Waals surface area contributed by atoms with E-state index in [0.717, 1.165) is 0 Å². The van der Waals surface area contributed by atoms with E-state index in [1.807, 2.05) is 0 Å². The van der Waals surface area contributed by atoms with Crippen LogP contribution in [0.3, 0.4) is 0 Å². The van der Waals surface area contributed by atoms with Gasteiger partial charge in [0.15, 0.2) is 11.9 Å². The molecule has 116 valence electrons. The number of esters is 1. The first kappa shape index (κ1) is 16.1. The fourth-order valence-corrected chi connectivity index (χ4v) is 1.83. The SMILES string of the molecule is CC(OC(=O)Cn1cnnn1)C(=O)Nc1ncc(Cl)cc1Cl. The second-order valence-corrected chi connectivity index (χ2v) is 4.96. The summed E-state index contributed by atoms with van der Waals surface area (Å²) in [5, 5.41) is 13.2. The fourth-order valence-electron chi connectivity index (χ4n) is 1.40. The molecule has 0 radical (unpaired) electrons. The van der Waals surface area contributed by atoms with Crippen LogP contribution in [0.4, 0.5) is 5.82 Å². The van der Waals surface area contributed by atoms with Crippen molar-refractivity contribution in [3.05, 3.63) is 28.6 Å². The number of anilines is 1. The molecule has 1 amide bonds. The monoisotopic (exact) mass is 344 g/mol. The lowest BCUT2D eigenvalue weighted by Crippen LogP contribution is -2.31. The molecule has 0 saturated carbocycles. The van der Waals surface area contributed by atoms with E-state index in [4.69, 9.17) is 27.9 Å². The van der Waals surface area contributed by atoms with Gasteiger partial charge >= 0.3 is 5.97 Å². The van der Waals surface area contributed by atoms with Crippen molar-refractivity contribution >= 4 is 40.9 Å². The summed E-state index contributed by atoms with van der Waals surface area (Å²) < 4.78 is 6.13. The third kappa shape index (κ3) is 4.37. The van der Waals surface area contributed by atoms with E-state index in [0.29, 0.717) is 5.02 Å². The molecule has 1 atom stereocenters. The standard InChI is InChI=1S/C11H10Cl2N6O3/c1-6(22-9(20)4-19-5-15-17-18-19)11(21)16-10-8(13)2-7(12)3-14-10/h2-3,5-6H,4H2,1H3,(H,14,16,21). The highest BCUT2D eigenvalue weighted by Gasteiger charge is 2.19. The minimum absolute atomic E-state index is 0.124. The maximum Gasteiger partial charge on any atom is 0.328 e. The third-order valence-electron chi connectivity index (χ3n) is 2.41. The lowest BCUT2D eigenvalue weighted by molar-refractivity contribution is -0.154. The Morgan fingerprint density at radius 2 is 2.23 bits per heavy atom. The van der Waals surface area contributed by atoms with E-state index in [9.17, 15) is 9.59 Å². The summed E-state index contributed by atoms with van der Waals surface area (Å²) in [5.74, 6) is -1.12. The van der Waals surface area contributed by atoms with Crippen LogP contribution in [0, 0.1) is 0 Å². The van der Waals surface area contributed by atoms with Crippen molar-refractivity contribution in [1.82, 2.24) is 25.2 Å². The number of pyridine rings is 1. The molecule has 9 nitrogen and oxygen atoms in total. The summed E-state index contributed by atoms with van der Waals surface area (Å²) in [6.07, 6.45) is 1.54. The Labute approximate surface area is 134 Å². The van der Waals surface area contributed by atoms with Crippen molar-refractivity contribution in [1.29, 1.82) is 0 Å². The smallest absolute Gasteiger partial charge is 0.328 e. The number of halogens is 2. The van der Waals surface area contributed by atoms with Gasteiger partial charge in [0.25, 0.3) is 5.91 Å². The number of carbonyl (C=O) groups excluding carboxylic acids is 2. The molecule has 2 heterocycles. The van der Waals surface area contributed by atoms with Crippen LogP contribution in [-0.2, 0) is 20.9 Å². The molecule has 1 unspecified atom stereocenters. The van der Waals surface area contributed by atoms with Gasteiger partial charge < -0.3 is 10.1 Å². The van der Waals surface area contributed by atoms with E-state index in [1.165, 1.54) is 30.2 Å². The highest BCUT2D eigenvalue weighted by atomic mass is 35.5. The Bertz CT molecular complexity index is 678. The van der Waals surface area contributed by atoms with Gasteiger partial charge in [0.05, 0.1) is 10.0 Å². The van der Waals surface area contributed by atoms with E-state index >= 15 is 0 Å². The van der Waals surface area contributed by atoms with Crippen LogP contribution >= 0.6 is 23.2 Å². The van der Waals surface area contributed by atoms with Crippen LogP contribution in [0.5, 0.6) is 0 Å². The molecule has 22 heavy (non-hydrogen) atoms. The first-order valence-electron chi connectivity index (χ1n) is 5.98. The summed E-state index contributed by atoms with van der Waals surface area (Å²) >= 11 is 11.6. The Kier molecular flexibility index (Phi) is 5.23. The van der Waals surface area contributed by atoms with E-state index in [2.05, 4.69) is 25.8 Å². The molecule has 1 N–H and O–H groups in total. The highest BCUT2D eigenvalue weighted by Crippen LogP contribution is 2.22. The number of nitrogens with zero attached hydrogens (tertiary/aromatic N) is 5. The van der Waals surface area contributed by atoms with Crippen molar-refractivity contribution < 1.29 is 14.3 Å². The summed E-state index contributed by atoms with van der Waals surface area (Å²) in [5.41, 5.74) is 0. The van der Waals surface area contributed by atoms with Crippen LogP contribution in [-0.4, -0.2) is 43.2 Å². The zero-order valence-corrected chi connectivity index (χ0v) is 12.7. The Morgan fingerprint density at radius 3 is 2.86 bits per heavy atom. The molecule has 11 heteroatoms. The van der Waals surface area contributed by atoms with Crippen LogP contribution < -0.4 is 5.32 Å². The number of rotatable bonds is 5. The lowest BCUT2D eigenvalue weighted by Gasteiger charge is -2.13. The van der Waals surface area contributed by atoms with Crippen molar-refractivity contribution in [3.63, 3.8) is 0 Å². The maximum atomic E-state index is 11.9. The van der Waals surface area contributed by atoms with E-state index < -0.39 is 18.0 Å². The summed E-state index contributed by atoms with van der Waals surface area (Å²) in [4.78, 5) is 27.4. The van der Waals surface area contributed by atoms with Crippen molar-refractivity contribution in [2.24, 2.45) is 0 Å². The molecule has 0 aliphatic heterocycles. The van der Waals surface area contributed by atoms with Gasteiger partial charge in [-0.2, -0.15) is 0 Å². The molecule has 0 aliphatic rings. The van der Waals surface area contributed by atoms with Crippen LogP contribution in [0.1, 0.15) is 6.92 Å². The number of amides is 1. The second kappa shape index (κ2) is 7.14. The maximum absolute atomic E-state index is 11.9. The van der Waals surface area contributed by atoms with Gasteiger partial charge in [0.2, 0.25) is 0 Å². The van der Waals surface area contributed by atoms with Gasteiger partial charge in [-0.3, -0.25) is 9.59 Å². The van der Waals surface area contributed by atoms with Crippen LogP contribution in [0.2, 0.25) is 10.0 Å². The minimum Gasteiger partial charge on any atom is -0.451 e. The van der Waals surface area contributed by atoms with Crippen LogP contribution in [0.15, 0.2) is 18.6 Å². The van der Waals surface area contributed by atoms with Crippen molar-refractivity contribution in [3.8, 4) is 0 Å². The quantitative estimate of drug-likeness (QED) is 0.803. The highest BCUT2D eigenvalue weighted by molar-refractivity contribution is 6.36. The number of ether oxygens (including phenoxy) is 1. The van der Waals surface area contributed by atoms with Gasteiger partial charge in [-0.25, -0.2) is 9.67 Å². The number of hydrogen-bond acceptors (Lipinski definition) is 7. The Balaban J connectivity index is 1.90.